The molecule has 0 spiro atoms. The van der Waals surface area contributed by atoms with Gasteiger partial charge in [0.1, 0.15) is 5.70 Å². The molecule has 4 heteroatoms. The van der Waals surface area contributed by atoms with E-state index in [-0.39, 0.29) is 18.0 Å². The van der Waals surface area contributed by atoms with Crippen molar-refractivity contribution >= 4 is 11.7 Å². The van der Waals surface area contributed by atoms with Crippen molar-refractivity contribution in [1.82, 2.24) is 0 Å². The maximum Gasteiger partial charge on any atom is 0.354 e. The number of ether oxygens (including phenoxy) is 1. The van der Waals surface area contributed by atoms with Gasteiger partial charge in [-0.15, -0.1) is 0 Å². The summed E-state index contributed by atoms with van der Waals surface area (Å²) < 4.78 is 4.92. The van der Waals surface area contributed by atoms with Crippen LogP contribution in [-0.2, 0) is 9.53 Å². The number of hydrogen-bond acceptors (Lipinski definition) is 4. The highest BCUT2D eigenvalue weighted by atomic mass is 16.5. The Morgan fingerprint density at radius 2 is 1.85 bits per heavy atom. The Morgan fingerprint density at radius 1 is 1.25 bits per heavy atom. The van der Waals surface area contributed by atoms with Crippen LogP contribution in [0.5, 0.6) is 0 Å². The number of aryl methyl sites for hydroxylation is 1. The second-order valence-electron chi connectivity index (χ2n) is 4.60. The van der Waals surface area contributed by atoms with Crippen LogP contribution in [0.25, 0.3) is 0 Å². The highest BCUT2D eigenvalue weighted by Crippen LogP contribution is 2.17. The van der Waals surface area contributed by atoms with E-state index in [1.807, 2.05) is 38.1 Å². The maximum absolute atomic E-state index is 11.7. The van der Waals surface area contributed by atoms with Crippen LogP contribution in [0.15, 0.2) is 35.5 Å². The highest BCUT2D eigenvalue weighted by molar-refractivity contribution is 6.14. The van der Waals surface area contributed by atoms with E-state index >= 15 is 0 Å². The largest absolute Gasteiger partial charge is 0.461 e. The Morgan fingerprint density at radius 3 is 2.35 bits per heavy atom. The van der Waals surface area contributed by atoms with Crippen LogP contribution >= 0.6 is 0 Å². The van der Waals surface area contributed by atoms with Crippen LogP contribution in [0.2, 0.25) is 0 Å². The lowest BCUT2D eigenvalue weighted by molar-refractivity contribution is -0.138. The highest BCUT2D eigenvalue weighted by Gasteiger charge is 2.17. The first kappa shape index (κ1) is 16.0. The number of carbonyl (C=O) groups is 1. The summed E-state index contributed by atoms with van der Waals surface area (Å²) in [5.41, 5.74) is 8.63. The van der Waals surface area contributed by atoms with E-state index in [4.69, 9.17) is 15.9 Å². The van der Waals surface area contributed by atoms with Crippen LogP contribution in [0.4, 0.5) is 0 Å². The Bertz CT molecular complexity index is 516. The minimum absolute atomic E-state index is 0.0410. The third-order valence-corrected chi connectivity index (χ3v) is 2.96. The van der Waals surface area contributed by atoms with Gasteiger partial charge in [-0.25, -0.2) is 4.79 Å². The van der Waals surface area contributed by atoms with E-state index in [0.717, 1.165) is 17.5 Å². The fourth-order valence-corrected chi connectivity index (χ4v) is 1.87. The van der Waals surface area contributed by atoms with E-state index < -0.39 is 5.97 Å². The van der Waals surface area contributed by atoms with Crippen LogP contribution in [-0.4, -0.2) is 18.3 Å². The molecule has 0 saturated carbocycles. The van der Waals surface area contributed by atoms with Crippen LogP contribution in [0.3, 0.4) is 0 Å². The number of benzene rings is 1. The zero-order chi connectivity index (χ0) is 15.1. The lowest BCUT2D eigenvalue weighted by Crippen LogP contribution is -2.21. The van der Waals surface area contributed by atoms with E-state index in [2.05, 4.69) is 0 Å². The number of rotatable bonds is 6. The third-order valence-electron chi connectivity index (χ3n) is 2.96. The van der Waals surface area contributed by atoms with Crippen LogP contribution < -0.4 is 5.73 Å². The summed E-state index contributed by atoms with van der Waals surface area (Å²) in [6, 6.07) is 7.61. The molecule has 3 N–H and O–H groups in total. The molecule has 108 valence electrons. The minimum atomic E-state index is -0.548. The maximum atomic E-state index is 11.7. The Kier molecular flexibility index (Phi) is 5.97. The minimum Gasteiger partial charge on any atom is -0.461 e. The Labute approximate surface area is 120 Å². The van der Waals surface area contributed by atoms with Gasteiger partial charge in [-0.3, -0.25) is 5.41 Å². The SMILES string of the molecule is CCC/C(C(=N)c1ccc(C)cc1)=C(/N)C(=O)OCC. The molecule has 0 radical (unpaired) electrons. The summed E-state index contributed by atoms with van der Waals surface area (Å²) in [6.07, 6.45) is 1.39. The van der Waals surface area contributed by atoms with Crippen molar-refractivity contribution in [3.63, 3.8) is 0 Å². The molecule has 0 fully saturated rings. The number of hydrogen-bond donors (Lipinski definition) is 2. The van der Waals surface area contributed by atoms with Gasteiger partial charge in [-0.1, -0.05) is 43.2 Å². The van der Waals surface area contributed by atoms with Crippen molar-refractivity contribution in [1.29, 1.82) is 5.41 Å². The van der Waals surface area contributed by atoms with Crippen molar-refractivity contribution in [2.45, 2.75) is 33.6 Å². The van der Waals surface area contributed by atoms with Gasteiger partial charge >= 0.3 is 5.97 Å². The lowest BCUT2D eigenvalue weighted by Gasteiger charge is -2.12. The standard InChI is InChI=1S/C16H22N2O2/c1-4-6-13(15(18)16(19)20-5-2)14(17)12-9-7-11(3)8-10-12/h7-10,17H,4-6,18H2,1-3H3/b15-13-,17-14?. The monoisotopic (exact) mass is 274 g/mol. The van der Waals surface area contributed by atoms with Gasteiger partial charge < -0.3 is 10.5 Å². The van der Waals surface area contributed by atoms with Gasteiger partial charge in [0.2, 0.25) is 0 Å². The first-order valence-electron chi connectivity index (χ1n) is 6.82. The fraction of sp³-hybridized carbons (Fsp3) is 0.375. The summed E-state index contributed by atoms with van der Waals surface area (Å²) in [6.45, 7) is 5.98. The van der Waals surface area contributed by atoms with Gasteiger partial charge in [0.05, 0.1) is 12.3 Å². The summed E-state index contributed by atoms with van der Waals surface area (Å²) in [5, 5.41) is 8.27. The Hall–Kier alpha value is -2.10. The molecular formula is C16H22N2O2. The molecule has 0 bridgehead atoms. The first-order chi connectivity index (χ1) is 9.51. The van der Waals surface area contributed by atoms with Crippen molar-refractivity contribution in [3.05, 3.63) is 46.7 Å². The predicted molar refractivity (Wildman–Crippen MR) is 80.8 cm³/mol. The number of esters is 1. The summed E-state index contributed by atoms with van der Waals surface area (Å²) in [7, 11) is 0. The normalized spacial score (nSPS) is 11.8. The summed E-state index contributed by atoms with van der Waals surface area (Å²) in [4.78, 5) is 11.7. The molecule has 20 heavy (non-hydrogen) atoms. The van der Waals surface area contributed by atoms with Gasteiger partial charge in [0.15, 0.2) is 0 Å². The molecule has 1 rings (SSSR count). The first-order valence-corrected chi connectivity index (χ1v) is 6.82. The van der Waals surface area contributed by atoms with Gasteiger partial charge in [-0.05, 0) is 25.8 Å². The molecule has 1 aromatic carbocycles. The van der Waals surface area contributed by atoms with Crippen molar-refractivity contribution in [2.24, 2.45) is 5.73 Å². The van der Waals surface area contributed by atoms with E-state index in [9.17, 15) is 4.79 Å². The number of nitrogens with one attached hydrogen (secondary N) is 1. The average Bonchev–Trinajstić information content (AvgIpc) is 2.44. The van der Waals surface area contributed by atoms with Gasteiger partial charge in [0, 0.05) is 5.57 Å². The van der Waals surface area contributed by atoms with Gasteiger partial charge in [-0.2, -0.15) is 0 Å². The molecule has 0 heterocycles. The quantitative estimate of drug-likeness (QED) is 0.475. The molecule has 0 unspecified atom stereocenters. The van der Waals surface area contributed by atoms with Crippen LogP contribution in [0.1, 0.15) is 37.8 Å². The number of nitrogens with two attached hydrogens (primary N) is 1. The Balaban J connectivity index is 3.12. The topological polar surface area (TPSA) is 76.2 Å². The predicted octanol–water partition coefficient (Wildman–Crippen LogP) is 2.94. The molecule has 0 aliphatic heterocycles. The fourth-order valence-electron chi connectivity index (χ4n) is 1.87. The second-order valence-corrected chi connectivity index (χ2v) is 4.60. The third kappa shape index (κ3) is 3.95. The zero-order valence-corrected chi connectivity index (χ0v) is 12.3. The molecular weight excluding hydrogens is 252 g/mol. The van der Waals surface area contributed by atoms with Gasteiger partial charge in [0.25, 0.3) is 0 Å². The molecule has 0 amide bonds. The smallest absolute Gasteiger partial charge is 0.354 e. The van der Waals surface area contributed by atoms with E-state index in [0.29, 0.717) is 12.0 Å². The molecule has 0 saturated heterocycles. The van der Waals surface area contributed by atoms with E-state index in [1.54, 1.807) is 6.92 Å². The lowest BCUT2D eigenvalue weighted by atomic mass is 9.96. The van der Waals surface area contributed by atoms with Crippen molar-refractivity contribution in [2.75, 3.05) is 6.61 Å². The van der Waals surface area contributed by atoms with Crippen molar-refractivity contribution in [3.8, 4) is 0 Å². The summed E-state index contributed by atoms with van der Waals surface area (Å²) >= 11 is 0. The molecule has 0 aliphatic rings. The molecule has 0 aromatic heterocycles. The number of allylic oxidation sites excluding steroid dienone is 1. The number of carbonyl (C=O) groups excluding carboxylic acids is 1. The second kappa shape index (κ2) is 7.48. The molecule has 1 aromatic rings. The summed E-state index contributed by atoms with van der Waals surface area (Å²) in [5.74, 6) is -0.548. The molecule has 4 nitrogen and oxygen atoms in total. The van der Waals surface area contributed by atoms with E-state index in [1.165, 1.54) is 0 Å². The molecule has 0 atom stereocenters. The van der Waals surface area contributed by atoms with Crippen LogP contribution in [0, 0.1) is 12.3 Å². The zero-order valence-electron chi connectivity index (χ0n) is 12.3. The molecule has 0 aliphatic carbocycles. The average molecular weight is 274 g/mol. The van der Waals surface area contributed by atoms with Crippen molar-refractivity contribution < 1.29 is 9.53 Å².